The lowest BCUT2D eigenvalue weighted by Gasteiger charge is -2.03. The molecule has 0 aliphatic rings. The fourth-order valence-corrected chi connectivity index (χ4v) is 3.26. The minimum absolute atomic E-state index is 0.257. The molecule has 1 heterocycles. The third-order valence-electron chi connectivity index (χ3n) is 3.52. The summed E-state index contributed by atoms with van der Waals surface area (Å²) in [5.41, 5.74) is 4.45. The maximum absolute atomic E-state index is 11.9. The molecule has 0 spiro atoms. The number of hydrogen-bond acceptors (Lipinski definition) is 3. The molecule has 21 heavy (non-hydrogen) atoms. The predicted octanol–water partition coefficient (Wildman–Crippen LogP) is 3.25. The van der Waals surface area contributed by atoms with Gasteiger partial charge in [-0.25, -0.2) is 13.4 Å². The Balaban J connectivity index is 2.30. The summed E-state index contributed by atoms with van der Waals surface area (Å²) in [4.78, 5) is 7.99. The third-order valence-corrected chi connectivity index (χ3v) is 4.65. The van der Waals surface area contributed by atoms with Crippen LogP contribution in [0.25, 0.3) is 22.4 Å². The van der Waals surface area contributed by atoms with Crippen molar-refractivity contribution in [2.45, 2.75) is 18.7 Å². The molecule has 5 heteroatoms. The van der Waals surface area contributed by atoms with Gasteiger partial charge in [0.05, 0.1) is 10.4 Å². The van der Waals surface area contributed by atoms with Crippen LogP contribution in [-0.4, -0.2) is 24.6 Å². The number of aromatic amines is 1. The van der Waals surface area contributed by atoms with Gasteiger partial charge in [0.2, 0.25) is 0 Å². The number of imidazole rings is 1. The van der Waals surface area contributed by atoms with Crippen molar-refractivity contribution in [2.75, 3.05) is 6.26 Å². The minimum atomic E-state index is -3.30. The van der Waals surface area contributed by atoms with Crippen molar-refractivity contribution in [3.8, 4) is 11.4 Å². The van der Waals surface area contributed by atoms with Gasteiger partial charge in [-0.3, -0.25) is 0 Å². The Morgan fingerprint density at radius 3 is 2.57 bits per heavy atom. The molecule has 0 saturated heterocycles. The van der Waals surface area contributed by atoms with Crippen molar-refractivity contribution in [2.24, 2.45) is 0 Å². The second-order valence-corrected chi connectivity index (χ2v) is 7.31. The van der Waals surface area contributed by atoms with E-state index in [0.29, 0.717) is 11.3 Å². The first-order chi connectivity index (χ1) is 9.86. The summed E-state index contributed by atoms with van der Waals surface area (Å²) >= 11 is 0. The predicted molar refractivity (Wildman–Crippen MR) is 84.1 cm³/mol. The Kier molecular flexibility index (Phi) is 3.10. The van der Waals surface area contributed by atoms with E-state index in [0.717, 1.165) is 22.2 Å². The summed E-state index contributed by atoms with van der Waals surface area (Å²) in [5, 5.41) is 0. The molecular weight excluding hydrogens is 284 g/mol. The van der Waals surface area contributed by atoms with Crippen LogP contribution in [0.5, 0.6) is 0 Å². The van der Waals surface area contributed by atoms with E-state index in [-0.39, 0.29) is 4.90 Å². The van der Waals surface area contributed by atoms with Crippen LogP contribution < -0.4 is 0 Å². The summed E-state index contributed by atoms with van der Waals surface area (Å²) in [6.07, 6.45) is 1.20. The van der Waals surface area contributed by atoms with Gasteiger partial charge in [-0.1, -0.05) is 23.8 Å². The number of para-hydroxylation sites is 1. The second kappa shape index (κ2) is 4.70. The molecule has 3 rings (SSSR count). The van der Waals surface area contributed by atoms with Crippen molar-refractivity contribution in [3.05, 3.63) is 47.5 Å². The number of benzene rings is 2. The van der Waals surface area contributed by atoms with E-state index in [1.807, 2.05) is 38.1 Å². The summed E-state index contributed by atoms with van der Waals surface area (Å²) in [6.45, 7) is 4.03. The quantitative estimate of drug-likeness (QED) is 0.790. The molecule has 0 aliphatic carbocycles. The van der Waals surface area contributed by atoms with Crippen LogP contribution in [0.4, 0.5) is 0 Å². The standard InChI is InChI=1S/C16H16N2O2S/c1-10-7-8-11(2)12(9-10)16-17-13-5-4-6-14(15(13)18-16)21(3,19)20/h4-9H,1-3H3,(H,17,18). The Hall–Kier alpha value is -2.14. The molecule has 0 unspecified atom stereocenters. The van der Waals surface area contributed by atoms with Crippen LogP contribution in [0.15, 0.2) is 41.3 Å². The molecule has 2 aromatic carbocycles. The molecule has 0 radical (unpaired) electrons. The number of rotatable bonds is 2. The average molecular weight is 300 g/mol. The molecular formula is C16H16N2O2S. The summed E-state index contributed by atoms with van der Waals surface area (Å²) in [5.74, 6) is 0.697. The number of nitrogens with zero attached hydrogens (tertiary/aromatic N) is 1. The fourth-order valence-electron chi connectivity index (χ4n) is 2.42. The van der Waals surface area contributed by atoms with Gasteiger partial charge in [-0.15, -0.1) is 0 Å². The molecule has 0 atom stereocenters. The topological polar surface area (TPSA) is 62.8 Å². The van der Waals surface area contributed by atoms with Crippen molar-refractivity contribution in [1.82, 2.24) is 9.97 Å². The average Bonchev–Trinajstić information content (AvgIpc) is 2.83. The van der Waals surface area contributed by atoms with Crippen LogP contribution in [-0.2, 0) is 9.84 Å². The van der Waals surface area contributed by atoms with Gasteiger partial charge >= 0.3 is 0 Å². The first kappa shape index (κ1) is 13.8. The highest BCUT2D eigenvalue weighted by Crippen LogP contribution is 2.27. The minimum Gasteiger partial charge on any atom is -0.338 e. The number of hydrogen-bond donors (Lipinski definition) is 1. The highest BCUT2D eigenvalue weighted by atomic mass is 32.2. The Bertz CT molecular complexity index is 940. The fraction of sp³-hybridized carbons (Fsp3) is 0.188. The first-order valence-corrected chi connectivity index (χ1v) is 8.52. The van der Waals surface area contributed by atoms with Crippen molar-refractivity contribution in [1.29, 1.82) is 0 Å². The highest BCUT2D eigenvalue weighted by Gasteiger charge is 2.16. The lowest BCUT2D eigenvalue weighted by Crippen LogP contribution is -1.97. The zero-order valence-corrected chi connectivity index (χ0v) is 13.0. The molecule has 0 bridgehead atoms. The van der Waals surface area contributed by atoms with Crippen LogP contribution in [0.3, 0.4) is 0 Å². The van der Waals surface area contributed by atoms with Gasteiger partial charge < -0.3 is 4.98 Å². The van der Waals surface area contributed by atoms with Gasteiger partial charge in [0.1, 0.15) is 11.3 Å². The van der Waals surface area contributed by atoms with E-state index in [1.54, 1.807) is 12.1 Å². The Morgan fingerprint density at radius 1 is 1.10 bits per heavy atom. The molecule has 4 nitrogen and oxygen atoms in total. The Labute approximate surface area is 123 Å². The largest absolute Gasteiger partial charge is 0.338 e. The smallest absolute Gasteiger partial charge is 0.177 e. The molecule has 3 aromatic rings. The number of aromatic nitrogens is 2. The third kappa shape index (κ3) is 2.45. The van der Waals surface area contributed by atoms with E-state index in [4.69, 9.17) is 0 Å². The summed E-state index contributed by atoms with van der Waals surface area (Å²) < 4.78 is 23.7. The van der Waals surface area contributed by atoms with E-state index >= 15 is 0 Å². The lowest BCUT2D eigenvalue weighted by atomic mass is 10.1. The van der Waals surface area contributed by atoms with Gasteiger partial charge in [0, 0.05) is 11.8 Å². The molecule has 0 saturated carbocycles. The van der Waals surface area contributed by atoms with Gasteiger partial charge in [0.15, 0.2) is 9.84 Å². The zero-order valence-electron chi connectivity index (χ0n) is 12.1. The lowest BCUT2D eigenvalue weighted by molar-refractivity contribution is 0.602. The SMILES string of the molecule is Cc1ccc(C)c(-c2nc3c(S(C)(=O)=O)cccc3[nH]2)c1. The number of nitrogens with one attached hydrogen (secondary N) is 1. The molecule has 0 fully saturated rings. The molecule has 1 aromatic heterocycles. The highest BCUT2D eigenvalue weighted by molar-refractivity contribution is 7.91. The molecule has 1 N–H and O–H groups in total. The monoisotopic (exact) mass is 300 g/mol. The van der Waals surface area contributed by atoms with Crippen LogP contribution in [0, 0.1) is 13.8 Å². The van der Waals surface area contributed by atoms with Crippen LogP contribution >= 0.6 is 0 Å². The van der Waals surface area contributed by atoms with Crippen molar-refractivity contribution >= 4 is 20.9 Å². The van der Waals surface area contributed by atoms with E-state index in [2.05, 4.69) is 9.97 Å². The number of fused-ring (bicyclic) bond motifs is 1. The summed E-state index contributed by atoms with van der Waals surface area (Å²) in [6, 6.07) is 11.3. The number of aryl methyl sites for hydroxylation is 2. The van der Waals surface area contributed by atoms with E-state index < -0.39 is 9.84 Å². The first-order valence-electron chi connectivity index (χ1n) is 6.62. The maximum Gasteiger partial charge on any atom is 0.177 e. The van der Waals surface area contributed by atoms with Gasteiger partial charge in [0.25, 0.3) is 0 Å². The van der Waals surface area contributed by atoms with Gasteiger partial charge in [-0.2, -0.15) is 0 Å². The number of sulfone groups is 1. The van der Waals surface area contributed by atoms with Crippen LogP contribution in [0.1, 0.15) is 11.1 Å². The van der Waals surface area contributed by atoms with Crippen molar-refractivity contribution in [3.63, 3.8) is 0 Å². The normalized spacial score (nSPS) is 12.0. The molecule has 108 valence electrons. The summed E-state index contributed by atoms with van der Waals surface area (Å²) in [7, 11) is -3.30. The number of H-pyrrole nitrogens is 1. The van der Waals surface area contributed by atoms with Crippen molar-refractivity contribution < 1.29 is 8.42 Å². The molecule has 0 amide bonds. The van der Waals surface area contributed by atoms with Crippen LogP contribution in [0.2, 0.25) is 0 Å². The second-order valence-electron chi connectivity index (χ2n) is 5.33. The molecule has 0 aliphatic heterocycles. The van der Waals surface area contributed by atoms with Gasteiger partial charge in [-0.05, 0) is 37.6 Å². The maximum atomic E-state index is 11.9. The van der Waals surface area contributed by atoms with E-state index in [1.165, 1.54) is 6.26 Å². The van der Waals surface area contributed by atoms with E-state index in [9.17, 15) is 8.42 Å². The zero-order chi connectivity index (χ0) is 15.2. The Morgan fingerprint density at radius 2 is 1.86 bits per heavy atom.